The Balaban J connectivity index is 2.12. The molecule has 22 heavy (non-hydrogen) atoms. The number of pyridine rings is 1. The molecule has 0 atom stereocenters. The van der Waals surface area contributed by atoms with Crippen molar-refractivity contribution in [2.24, 2.45) is 0 Å². The molecule has 0 radical (unpaired) electrons. The number of hydrogen-bond donors (Lipinski definition) is 4. The zero-order chi connectivity index (χ0) is 15.9. The van der Waals surface area contributed by atoms with E-state index in [4.69, 9.17) is 16.2 Å². The minimum absolute atomic E-state index is 0.143. The van der Waals surface area contributed by atoms with Crippen LogP contribution >= 0.6 is 0 Å². The van der Waals surface area contributed by atoms with Gasteiger partial charge in [-0.25, -0.2) is 9.78 Å². The van der Waals surface area contributed by atoms with Crippen molar-refractivity contribution in [2.75, 3.05) is 28.7 Å². The van der Waals surface area contributed by atoms with Crippen LogP contribution in [0, 0.1) is 0 Å². The van der Waals surface area contributed by atoms with E-state index < -0.39 is 6.09 Å². The molecule has 1 aromatic heterocycles. The lowest BCUT2D eigenvalue weighted by Crippen LogP contribution is -2.16. The zero-order valence-electron chi connectivity index (χ0n) is 12.3. The highest BCUT2D eigenvalue weighted by Gasteiger charge is 2.10. The quantitative estimate of drug-likeness (QED) is 0.674. The van der Waals surface area contributed by atoms with Gasteiger partial charge in [-0.15, -0.1) is 0 Å². The van der Waals surface area contributed by atoms with Crippen molar-refractivity contribution in [1.29, 1.82) is 0 Å². The van der Waals surface area contributed by atoms with E-state index in [-0.39, 0.29) is 18.2 Å². The summed E-state index contributed by atoms with van der Waals surface area (Å²) >= 11 is 0. The summed E-state index contributed by atoms with van der Waals surface area (Å²) in [6, 6.07) is 11.5. The first-order chi connectivity index (χ1) is 10.6. The molecule has 116 valence electrons. The highest BCUT2D eigenvalue weighted by atomic mass is 16.5. The Morgan fingerprint density at radius 2 is 2.00 bits per heavy atom. The molecule has 7 nitrogen and oxygen atoms in total. The first-order valence-electron chi connectivity index (χ1n) is 6.87. The third-order valence-corrected chi connectivity index (χ3v) is 2.92. The number of carbonyl (C=O) groups is 1. The Morgan fingerprint density at radius 3 is 2.68 bits per heavy atom. The number of amides is 1. The van der Waals surface area contributed by atoms with Crippen LogP contribution in [0.5, 0.6) is 0 Å². The number of nitrogen functional groups attached to an aromatic ring is 2. The Kier molecular flexibility index (Phi) is 5.02. The fourth-order valence-electron chi connectivity index (χ4n) is 1.85. The normalized spacial score (nSPS) is 10.0. The van der Waals surface area contributed by atoms with Crippen molar-refractivity contribution in [1.82, 2.24) is 4.98 Å². The average Bonchev–Trinajstić information content (AvgIpc) is 2.50. The summed E-state index contributed by atoms with van der Waals surface area (Å²) in [4.78, 5) is 15.4. The van der Waals surface area contributed by atoms with Crippen LogP contribution in [-0.4, -0.2) is 17.7 Å². The molecule has 0 bridgehead atoms. The summed E-state index contributed by atoms with van der Waals surface area (Å²) in [5, 5.41) is 5.68. The van der Waals surface area contributed by atoms with Gasteiger partial charge in [0.05, 0.1) is 18.0 Å². The van der Waals surface area contributed by atoms with E-state index in [1.807, 2.05) is 30.3 Å². The number of rotatable bonds is 5. The molecular weight excluding hydrogens is 282 g/mol. The van der Waals surface area contributed by atoms with Crippen LogP contribution < -0.4 is 22.1 Å². The molecule has 0 fully saturated rings. The van der Waals surface area contributed by atoms with Crippen LogP contribution in [0.4, 0.5) is 27.8 Å². The minimum Gasteiger partial charge on any atom is -0.450 e. The van der Waals surface area contributed by atoms with Gasteiger partial charge in [0.2, 0.25) is 0 Å². The summed E-state index contributed by atoms with van der Waals surface area (Å²) in [6.07, 6.45) is -0.590. The molecule has 0 aliphatic rings. The molecule has 0 spiro atoms. The van der Waals surface area contributed by atoms with Crippen LogP contribution in [0.1, 0.15) is 12.5 Å². The van der Waals surface area contributed by atoms with Gasteiger partial charge < -0.3 is 21.5 Å². The van der Waals surface area contributed by atoms with Gasteiger partial charge >= 0.3 is 6.09 Å². The molecule has 0 aliphatic heterocycles. The van der Waals surface area contributed by atoms with Gasteiger partial charge in [0.25, 0.3) is 0 Å². The molecule has 0 aliphatic carbocycles. The van der Waals surface area contributed by atoms with Gasteiger partial charge in [-0.2, -0.15) is 0 Å². The number of hydrogen-bond acceptors (Lipinski definition) is 6. The number of nitrogens with two attached hydrogens (primary N) is 2. The molecule has 0 saturated carbocycles. The largest absolute Gasteiger partial charge is 0.450 e. The number of anilines is 4. The number of nitrogens with one attached hydrogen (secondary N) is 2. The van der Waals surface area contributed by atoms with E-state index in [1.54, 1.807) is 13.0 Å². The molecule has 1 amide bonds. The number of aromatic nitrogens is 1. The Bertz CT molecular complexity index is 646. The highest BCUT2D eigenvalue weighted by Crippen LogP contribution is 2.27. The summed E-state index contributed by atoms with van der Waals surface area (Å²) in [6.45, 7) is 2.57. The summed E-state index contributed by atoms with van der Waals surface area (Å²) in [5.41, 5.74) is 13.7. The monoisotopic (exact) mass is 301 g/mol. The second-order valence-corrected chi connectivity index (χ2v) is 4.54. The van der Waals surface area contributed by atoms with Crippen molar-refractivity contribution in [3.8, 4) is 0 Å². The maximum absolute atomic E-state index is 11.4. The van der Waals surface area contributed by atoms with E-state index in [9.17, 15) is 4.79 Å². The fraction of sp³-hybridized carbons (Fsp3) is 0.200. The van der Waals surface area contributed by atoms with Crippen LogP contribution in [0.2, 0.25) is 0 Å². The van der Waals surface area contributed by atoms with Crippen molar-refractivity contribution in [3.05, 3.63) is 42.0 Å². The molecule has 6 N–H and O–H groups in total. The first kappa shape index (κ1) is 15.4. The molecule has 1 heterocycles. The van der Waals surface area contributed by atoms with Gasteiger partial charge in [0, 0.05) is 12.6 Å². The predicted molar refractivity (Wildman–Crippen MR) is 87.5 cm³/mol. The minimum atomic E-state index is -0.590. The lowest BCUT2D eigenvalue weighted by Gasteiger charge is -2.13. The fourth-order valence-corrected chi connectivity index (χ4v) is 1.85. The molecule has 2 aromatic rings. The van der Waals surface area contributed by atoms with Crippen LogP contribution in [0.25, 0.3) is 0 Å². The van der Waals surface area contributed by atoms with E-state index in [0.717, 1.165) is 5.56 Å². The van der Waals surface area contributed by atoms with Gasteiger partial charge in [0.15, 0.2) is 5.82 Å². The molecular formula is C15H19N5O2. The first-order valence-corrected chi connectivity index (χ1v) is 6.87. The third kappa shape index (κ3) is 4.02. The van der Waals surface area contributed by atoms with E-state index in [2.05, 4.69) is 15.6 Å². The standard InChI is InChI=1S/C15H19N5O2/c1-2-22-15(21)20-12-8-11(13(16)14(17)19-12)18-9-10-6-4-3-5-7-10/h3-8H,2,9,16H2,1H3,(H4,17,18,19,20,21). The van der Waals surface area contributed by atoms with Crippen LogP contribution in [0.15, 0.2) is 36.4 Å². The van der Waals surface area contributed by atoms with Gasteiger partial charge in [-0.05, 0) is 12.5 Å². The maximum atomic E-state index is 11.4. The van der Waals surface area contributed by atoms with E-state index in [0.29, 0.717) is 17.9 Å². The van der Waals surface area contributed by atoms with Gasteiger partial charge in [0.1, 0.15) is 5.82 Å². The second kappa shape index (κ2) is 7.16. The lowest BCUT2D eigenvalue weighted by molar-refractivity contribution is 0.168. The van der Waals surface area contributed by atoms with E-state index >= 15 is 0 Å². The molecule has 0 saturated heterocycles. The maximum Gasteiger partial charge on any atom is 0.412 e. The van der Waals surface area contributed by atoms with Gasteiger partial charge in [-0.1, -0.05) is 30.3 Å². The molecule has 2 rings (SSSR count). The van der Waals surface area contributed by atoms with Crippen molar-refractivity contribution < 1.29 is 9.53 Å². The predicted octanol–water partition coefficient (Wildman–Crippen LogP) is 2.43. The highest BCUT2D eigenvalue weighted by molar-refractivity contribution is 5.87. The molecule has 7 heteroatoms. The Labute approximate surface area is 128 Å². The van der Waals surface area contributed by atoms with Crippen molar-refractivity contribution in [3.63, 3.8) is 0 Å². The Morgan fingerprint density at radius 1 is 1.27 bits per heavy atom. The number of nitrogens with zero attached hydrogens (tertiary/aromatic N) is 1. The Hall–Kier alpha value is -2.96. The summed E-state index contributed by atoms with van der Waals surface area (Å²) < 4.78 is 4.80. The van der Waals surface area contributed by atoms with Crippen molar-refractivity contribution in [2.45, 2.75) is 13.5 Å². The second-order valence-electron chi connectivity index (χ2n) is 4.54. The number of carbonyl (C=O) groups excluding carboxylic acids is 1. The summed E-state index contributed by atoms with van der Waals surface area (Å²) in [5.74, 6) is 0.422. The molecule has 1 aromatic carbocycles. The topological polar surface area (TPSA) is 115 Å². The number of benzene rings is 1. The third-order valence-electron chi connectivity index (χ3n) is 2.92. The van der Waals surface area contributed by atoms with E-state index in [1.165, 1.54) is 0 Å². The zero-order valence-corrected chi connectivity index (χ0v) is 12.3. The van der Waals surface area contributed by atoms with Gasteiger partial charge in [-0.3, -0.25) is 5.32 Å². The lowest BCUT2D eigenvalue weighted by atomic mass is 10.2. The van der Waals surface area contributed by atoms with Crippen molar-refractivity contribution >= 4 is 29.1 Å². The SMILES string of the molecule is CCOC(=O)Nc1cc(NCc2ccccc2)c(N)c(N)n1. The number of ether oxygens (including phenoxy) is 1. The van der Waals surface area contributed by atoms with Crippen LogP contribution in [-0.2, 0) is 11.3 Å². The average molecular weight is 301 g/mol. The van der Waals surface area contributed by atoms with Crippen LogP contribution in [0.3, 0.4) is 0 Å². The molecule has 0 unspecified atom stereocenters. The smallest absolute Gasteiger partial charge is 0.412 e. The summed E-state index contributed by atoms with van der Waals surface area (Å²) in [7, 11) is 0.